The minimum atomic E-state index is -4.73. The molecule has 0 radical (unpaired) electrons. The summed E-state index contributed by atoms with van der Waals surface area (Å²) in [6, 6.07) is 0. The summed E-state index contributed by atoms with van der Waals surface area (Å²) in [7, 11) is -4.73. The van der Waals surface area contributed by atoms with Crippen LogP contribution >= 0.6 is 0 Å². The van der Waals surface area contributed by atoms with Crippen LogP contribution in [-0.2, 0) is 10.1 Å². The standard InChI is InChI=1S/C4H5NO6S/c6-1-2(12(9,10)11)4(8)5-3(1)7/h5-8H,(H,9,10,11). The fourth-order valence-corrected chi connectivity index (χ4v) is 1.33. The zero-order chi connectivity index (χ0) is 9.52. The zero-order valence-electron chi connectivity index (χ0n) is 5.51. The lowest BCUT2D eigenvalue weighted by Crippen LogP contribution is -1.96. The summed E-state index contributed by atoms with van der Waals surface area (Å²) >= 11 is 0. The summed E-state index contributed by atoms with van der Waals surface area (Å²) in [5.41, 5.74) is 0. The molecule has 0 saturated carbocycles. The monoisotopic (exact) mass is 195 g/mol. The lowest BCUT2D eigenvalue weighted by molar-refractivity contribution is 0.386. The number of hydrogen-bond donors (Lipinski definition) is 5. The number of H-pyrrole nitrogens is 1. The van der Waals surface area contributed by atoms with Crippen molar-refractivity contribution < 1.29 is 28.3 Å². The summed E-state index contributed by atoms with van der Waals surface area (Å²) in [6.07, 6.45) is 0. The second-order valence-electron chi connectivity index (χ2n) is 1.98. The van der Waals surface area contributed by atoms with Crippen molar-refractivity contribution in [3.63, 3.8) is 0 Å². The Balaban J connectivity index is 3.54. The molecule has 0 aromatic carbocycles. The molecule has 1 aromatic rings. The van der Waals surface area contributed by atoms with E-state index in [0.717, 1.165) is 0 Å². The summed E-state index contributed by atoms with van der Waals surface area (Å²) in [5, 5.41) is 26.1. The van der Waals surface area contributed by atoms with Crippen LogP contribution in [0, 0.1) is 0 Å². The van der Waals surface area contributed by atoms with Crippen LogP contribution in [-0.4, -0.2) is 33.3 Å². The maximum absolute atomic E-state index is 10.4. The average molecular weight is 195 g/mol. The molecule has 0 aliphatic rings. The first-order valence-electron chi connectivity index (χ1n) is 2.64. The fraction of sp³-hybridized carbons (Fsp3) is 0. The Kier molecular flexibility index (Phi) is 1.66. The van der Waals surface area contributed by atoms with Crippen LogP contribution in [0.4, 0.5) is 0 Å². The van der Waals surface area contributed by atoms with E-state index in [4.69, 9.17) is 19.9 Å². The number of aromatic hydroxyl groups is 3. The van der Waals surface area contributed by atoms with E-state index in [1.54, 1.807) is 4.98 Å². The van der Waals surface area contributed by atoms with Crippen molar-refractivity contribution in [3.05, 3.63) is 0 Å². The van der Waals surface area contributed by atoms with Gasteiger partial charge < -0.3 is 15.3 Å². The molecule has 0 amide bonds. The van der Waals surface area contributed by atoms with Gasteiger partial charge in [-0.1, -0.05) is 0 Å². The molecule has 1 heterocycles. The first-order valence-corrected chi connectivity index (χ1v) is 4.08. The molecule has 0 spiro atoms. The first kappa shape index (κ1) is 8.68. The van der Waals surface area contributed by atoms with Crippen LogP contribution < -0.4 is 0 Å². The topological polar surface area (TPSA) is 131 Å². The van der Waals surface area contributed by atoms with Gasteiger partial charge in [0.05, 0.1) is 0 Å². The highest BCUT2D eigenvalue weighted by molar-refractivity contribution is 7.86. The molecule has 0 aliphatic heterocycles. The van der Waals surface area contributed by atoms with Gasteiger partial charge in [0.15, 0.2) is 0 Å². The minimum Gasteiger partial charge on any atom is -0.502 e. The number of nitrogens with one attached hydrogen (secondary N) is 1. The van der Waals surface area contributed by atoms with Crippen molar-refractivity contribution in [2.75, 3.05) is 0 Å². The van der Waals surface area contributed by atoms with Crippen LogP contribution in [0.15, 0.2) is 4.90 Å². The van der Waals surface area contributed by atoms with Gasteiger partial charge in [-0.15, -0.1) is 0 Å². The van der Waals surface area contributed by atoms with Gasteiger partial charge in [0.25, 0.3) is 0 Å². The van der Waals surface area contributed by atoms with Crippen LogP contribution in [0.2, 0.25) is 0 Å². The van der Waals surface area contributed by atoms with Crippen molar-refractivity contribution in [1.82, 2.24) is 4.98 Å². The SMILES string of the molecule is O=S(=O)(O)c1c(O)[nH]c(O)c1O. The highest BCUT2D eigenvalue weighted by atomic mass is 32.2. The number of rotatable bonds is 1. The number of aromatic nitrogens is 1. The van der Waals surface area contributed by atoms with Gasteiger partial charge in [0, 0.05) is 0 Å². The summed E-state index contributed by atoms with van der Waals surface area (Å²) < 4.78 is 29.2. The Morgan fingerprint density at radius 3 is 1.75 bits per heavy atom. The maximum Gasteiger partial charge on any atom is 0.303 e. The lowest BCUT2D eigenvalue weighted by atomic mass is 10.6. The van der Waals surface area contributed by atoms with Crippen LogP contribution in [0.3, 0.4) is 0 Å². The van der Waals surface area contributed by atoms with Crippen LogP contribution in [0.1, 0.15) is 0 Å². The van der Waals surface area contributed by atoms with E-state index in [1.165, 1.54) is 0 Å². The molecule has 0 bridgehead atoms. The van der Waals surface area contributed by atoms with Crippen LogP contribution in [0.5, 0.6) is 17.5 Å². The van der Waals surface area contributed by atoms with Crippen molar-refractivity contribution in [1.29, 1.82) is 0 Å². The van der Waals surface area contributed by atoms with Gasteiger partial charge >= 0.3 is 10.1 Å². The third kappa shape index (κ3) is 1.17. The van der Waals surface area contributed by atoms with Crippen molar-refractivity contribution in [2.45, 2.75) is 4.90 Å². The van der Waals surface area contributed by atoms with Crippen LogP contribution in [0.25, 0.3) is 0 Å². The van der Waals surface area contributed by atoms with Gasteiger partial charge in [0.1, 0.15) is 0 Å². The van der Waals surface area contributed by atoms with Crippen molar-refractivity contribution in [2.24, 2.45) is 0 Å². The predicted octanol–water partition coefficient (Wildman–Crippen LogP) is -0.622. The molecule has 1 aromatic heterocycles. The van der Waals surface area contributed by atoms with E-state index in [2.05, 4.69) is 0 Å². The Hall–Kier alpha value is -1.41. The molecule has 0 saturated heterocycles. The normalized spacial score (nSPS) is 11.8. The molecule has 0 fully saturated rings. The summed E-state index contributed by atoms with van der Waals surface area (Å²) in [5.74, 6) is -3.07. The first-order chi connectivity index (χ1) is 5.34. The predicted molar refractivity (Wildman–Crippen MR) is 35.6 cm³/mol. The van der Waals surface area contributed by atoms with E-state index in [1.807, 2.05) is 0 Å². The molecule has 0 unspecified atom stereocenters. The molecule has 12 heavy (non-hydrogen) atoms. The third-order valence-electron chi connectivity index (χ3n) is 1.15. The van der Waals surface area contributed by atoms with Gasteiger partial charge in [-0.05, 0) is 0 Å². The molecule has 0 atom stereocenters. The zero-order valence-corrected chi connectivity index (χ0v) is 6.33. The largest absolute Gasteiger partial charge is 0.502 e. The molecule has 1 rings (SSSR count). The Morgan fingerprint density at radius 2 is 1.58 bits per heavy atom. The maximum atomic E-state index is 10.4. The minimum absolute atomic E-state index is 0.930. The molecular weight excluding hydrogens is 190 g/mol. The summed E-state index contributed by atoms with van der Waals surface area (Å²) in [4.78, 5) is 0.565. The Morgan fingerprint density at radius 1 is 1.08 bits per heavy atom. The highest BCUT2D eigenvalue weighted by Crippen LogP contribution is 2.38. The second kappa shape index (κ2) is 2.29. The molecule has 68 valence electrons. The molecule has 8 heteroatoms. The molecular formula is C4H5NO6S. The molecule has 0 aliphatic carbocycles. The van der Waals surface area contributed by atoms with Crippen molar-refractivity contribution in [3.8, 4) is 17.5 Å². The second-order valence-corrected chi connectivity index (χ2v) is 3.33. The van der Waals surface area contributed by atoms with Crippen molar-refractivity contribution >= 4 is 10.1 Å². The fourth-order valence-electron chi connectivity index (χ4n) is 0.692. The van der Waals surface area contributed by atoms with Gasteiger partial charge in [-0.3, -0.25) is 9.54 Å². The molecule has 5 N–H and O–H groups in total. The van der Waals surface area contributed by atoms with E-state index < -0.39 is 32.5 Å². The number of hydrogen-bond acceptors (Lipinski definition) is 5. The van der Waals surface area contributed by atoms with Gasteiger partial charge in [-0.25, -0.2) is 0 Å². The van der Waals surface area contributed by atoms with E-state index in [-0.39, 0.29) is 0 Å². The quantitative estimate of drug-likeness (QED) is 0.379. The van der Waals surface area contributed by atoms with E-state index in [9.17, 15) is 8.42 Å². The summed E-state index contributed by atoms with van der Waals surface area (Å²) in [6.45, 7) is 0. The Bertz CT molecular complexity index is 403. The average Bonchev–Trinajstić information content (AvgIpc) is 2.05. The van der Waals surface area contributed by atoms with E-state index in [0.29, 0.717) is 0 Å². The third-order valence-corrected chi connectivity index (χ3v) is 2.05. The van der Waals surface area contributed by atoms with Gasteiger partial charge in [-0.2, -0.15) is 8.42 Å². The smallest absolute Gasteiger partial charge is 0.303 e. The highest BCUT2D eigenvalue weighted by Gasteiger charge is 2.26. The Labute approximate surface area is 66.7 Å². The molecule has 7 nitrogen and oxygen atoms in total. The lowest BCUT2D eigenvalue weighted by Gasteiger charge is -1.92. The van der Waals surface area contributed by atoms with Gasteiger partial charge in [0.2, 0.25) is 22.4 Å². The number of aromatic amines is 1. The van der Waals surface area contributed by atoms with E-state index >= 15 is 0 Å².